The first-order chi connectivity index (χ1) is 9.61. The number of amides is 1. The third-order valence-electron chi connectivity index (χ3n) is 2.70. The molecule has 0 atom stereocenters. The predicted octanol–water partition coefficient (Wildman–Crippen LogP) is 2.72. The zero-order chi connectivity index (χ0) is 14.5. The van der Waals surface area contributed by atoms with Crippen LogP contribution in [0.1, 0.15) is 15.9 Å². The summed E-state index contributed by atoms with van der Waals surface area (Å²) in [5.41, 5.74) is 0.584. The Kier molecular flexibility index (Phi) is 4.05. The van der Waals surface area contributed by atoms with E-state index in [1.807, 2.05) is 0 Å². The number of carbonyl (C=O) groups is 2. The third-order valence-corrected chi connectivity index (χ3v) is 2.70. The molecule has 0 aliphatic carbocycles. The number of benzene rings is 1. The smallest absolute Gasteiger partial charge is 0.413 e. The average Bonchev–Trinajstić information content (AvgIpc) is 2.46. The maximum atomic E-state index is 13.6. The van der Waals surface area contributed by atoms with Crippen LogP contribution in [0.2, 0.25) is 0 Å². The monoisotopic (exact) mass is 274 g/mol. The molecule has 2 rings (SSSR count). The van der Waals surface area contributed by atoms with Gasteiger partial charge in [0, 0.05) is 17.3 Å². The number of carboxylic acid groups (broad SMARTS) is 1. The molecule has 20 heavy (non-hydrogen) atoms. The van der Waals surface area contributed by atoms with Crippen LogP contribution in [0.3, 0.4) is 0 Å². The van der Waals surface area contributed by atoms with E-state index in [1.165, 1.54) is 36.5 Å². The van der Waals surface area contributed by atoms with Gasteiger partial charge in [-0.2, -0.15) is 0 Å². The van der Waals surface area contributed by atoms with Crippen molar-refractivity contribution in [1.82, 2.24) is 4.98 Å². The molecule has 0 radical (unpaired) electrons. The van der Waals surface area contributed by atoms with Crippen molar-refractivity contribution in [2.75, 3.05) is 4.90 Å². The summed E-state index contributed by atoms with van der Waals surface area (Å²) in [6, 6.07) is 8.77. The highest BCUT2D eigenvalue weighted by Gasteiger charge is 2.17. The van der Waals surface area contributed by atoms with E-state index in [0.29, 0.717) is 11.8 Å². The minimum atomic E-state index is -1.25. The maximum Gasteiger partial charge on any atom is 0.413 e. The molecule has 6 heteroatoms. The zero-order valence-corrected chi connectivity index (χ0v) is 10.4. The first-order valence-corrected chi connectivity index (χ1v) is 5.77. The van der Waals surface area contributed by atoms with Gasteiger partial charge >= 0.3 is 6.09 Å². The Morgan fingerprint density at radius 3 is 2.60 bits per heavy atom. The van der Waals surface area contributed by atoms with Crippen molar-refractivity contribution in [1.29, 1.82) is 0 Å². The number of pyridine rings is 1. The third kappa shape index (κ3) is 2.97. The fraction of sp³-hybridized carbons (Fsp3) is 0.0714. The highest BCUT2D eigenvalue weighted by atomic mass is 19.1. The number of aldehydes is 1. The van der Waals surface area contributed by atoms with E-state index >= 15 is 0 Å². The van der Waals surface area contributed by atoms with Crippen LogP contribution in [-0.2, 0) is 6.54 Å². The first kappa shape index (κ1) is 13.7. The number of hydrogen-bond donors (Lipinski definition) is 1. The van der Waals surface area contributed by atoms with Crippen molar-refractivity contribution in [3.05, 3.63) is 59.5 Å². The number of hydrogen-bond acceptors (Lipinski definition) is 3. The number of rotatable bonds is 4. The lowest BCUT2D eigenvalue weighted by Crippen LogP contribution is -2.29. The fourth-order valence-corrected chi connectivity index (χ4v) is 1.67. The summed E-state index contributed by atoms with van der Waals surface area (Å²) >= 11 is 0. The van der Waals surface area contributed by atoms with Crippen molar-refractivity contribution in [2.24, 2.45) is 0 Å². The van der Waals surface area contributed by atoms with Gasteiger partial charge in [-0.05, 0) is 18.2 Å². The van der Waals surface area contributed by atoms with Crippen LogP contribution in [0, 0.1) is 5.82 Å². The molecular formula is C14H11FN2O3. The largest absolute Gasteiger partial charge is 0.465 e. The Bertz CT molecular complexity index is 629. The zero-order valence-electron chi connectivity index (χ0n) is 10.4. The molecule has 0 saturated carbocycles. The molecule has 1 aromatic heterocycles. The van der Waals surface area contributed by atoms with E-state index in [2.05, 4.69) is 4.98 Å². The van der Waals surface area contributed by atoms with E-state index in [1.54, 1.807) is 6.07 Å². The van der Waals surface area contributed by atoms with Gasteiger partial charge in [-0.15, -0.1) is 0 Å². The number of halogens is 1. The molecule has 0 fully saturated rings. The molecule has 1 N–H and O–H groups in total. The summed E-state index contributed by atoms with van der Waals surface area (Å²) in [5.74, 6) is -0.352. The molecule has 1 amide bonds. The molecule has 0 spiro atoms. The Hall–Kier alpha value is -2.76. The lowest BCUT2D eigenvalue weighted by molar-refractivity contribution is 0.112. The topological polar surface area (TPSA) is 70.5 Å². The minimum Gasteiger partial charge on any atom is -0.465 e. The Balaban J connectivity index is 2.29. The molecular weight excluding hydrogens is 263 g/mol. The quantitative estimate of drug-likeness (QED) is 0.870. The van der Waals surface area contributed by atoms with Gasteiger partial charge < -0.3 is 5.11 Å². The van der Waals surface area contributed by atoms with E-state index in [9.17, 15) is 19.1 Å². The lowest BCUT2D eigenvalue weighted by atomic mass is 10.2. The fourth-order valence-electron chi connectivity index (χ4n) is 1.67. The maximum absolute atomic E-state index is 13.6. The molecule has 1 aromatic carbocycles. The molecule has 2 aromatic rings. The van der Waals surface area contributed by atoms with Crippen molar-refractivity contribution < 1.29 is 19.1 Å². The molecule has 0 aliphatic heterocycles. The second kappa shape index (κ2) is 5.92. The predicted molar refractivity (Wildman–Crippen MR) is 70.2 cm³/mol. The van der Waals surface area contributed by atoms with Crippen molar-refractivity contribution >= 4 is 18.2 Å². The minimum absolute atomic E-state index is 0.131. The number of aromatic nitrogens is 1. The van der Waals surface area contributed by atoms with Crippen molar-refractivity contribution in [3.8, 4) is 0 Å². The van der Waals surface area contributed by atoms with Crippen LogP contribution in [0.15, 0.2) is 42.6 Å². The highest BCUT2D eigenvalue weighted by molar-refractivity contribution is 5.85. The summed E-state index contributed by atoms with van der Waals surface area (Å²) in [7, 11) is 0. The van der Waals surface area contributed by atoms with Crippen molar-refractivity contribution in [2.45, 2.75) is 6.54 Å². The van der Waals surface area contributed by atoms with Gasteiger partial charge in [0.25, 0.3) is 0 Å². The summed E-state index contributed by atoms with van der Waals surface area (Å²) in [4.78, 5) is 26.6. The lowest BCUT2D eigenvalue weighted by Gasteiger charge is -2.18. The van der Waals surface area contributed by atoms with E-state index in [4.69, 9.17) is 0 Å². The summed E-state index contributed by atoms with van der Waals surface area (Å²) in [6.07, 6.45) is 0.623. The molecule has 0 unspecified atom stereocenters. The van der Waals surface area contributed by atoms with Gasteiger partial charge in [0.05, 0.1) is 6.54 Å². The number of carbonyl (C=O) groups excluding carboxylic acids is 1. The summed E-state index contributed by atoms with van der Waals surface area (Å²) < 4.78 is 13.6. The van der Waals surface area contributed by atoms with Crippen molar-refractivity contribution in [3.63, 3.8) is 0 Å². The molecule has 0 saturated heterocycles. The summed E-state index contributed by atoms with van der Waals surface area (Å²) in [5, 5.41) is 9.20. The van der Waals surface area contributed by atoms with Crippen LogP contribution in [-0.4, -0.2) is 22.5 Å². The number of anilines is 1. The van der Waals surface area contributed by atoms with Gasteiger partial charge in [-0.1, -0.05) is 18.2 Å². The van der Waals surface area contributed by atoms with Gasteiger partial charge in [-0.25, -0.2) is 14.2 Å². The molecule has 0 aliphatic rings. The van der Waals surface area contributed by atoms with Crippen LogP contribution in [0.4, 0.5) is 15.0 Å². The van der Waals surface area contributed by atoms with E-state index < -0.39 is 11.9 Å². The van der Waals surface area contributed by atoms with E-state index in [-0.39, 0.29) is 17.9 Å². The van der Waals surface area contributed by atoms with Gasteiger partial charge in [-0.3, -0.25) is 9.69 Å². The molecule has 1 heterocycles. The second-order valence-corrected chi connectivity index (χ2v) is 4.03. The van der Waals surface area contributed by atoms with Crippen LogP contribution in [0.25, 0.3) is 0 Å². The SMILES string of the molecule is O=Cc1ccc(N(Cc2ccccc2F)C(=O)O)nc1. The van der Waals surface area contributed by atoms with Crippen LogP contribution < -0.4 is 4.90 Å². The normalized spacial score (nSPS) is 10.1. The summed E-state index contributed by atoms with van der Waals surface area (Å²) in [6.45, 7) is -0.157. The average molecular weight is 274 g/mol. The Morgan fingerprint density at radius 1 is 1.30 bits per heavy atom. The number of nitrogens with zero attached hydrogens (tertiary/aromatic N) is 2. The van der Waals surface area contributed by atoms with Gasteiger partial charge in [0.2, 0.25) is 0 Å². The van der Waals surface area contributed by atoms with Crippen LogP contribution in [0.5, 0.6) is 0 Å². The van der Waals surface area contributed by atoms with Crippen LogP contribution >= 0.6 is 0 Å². The van der Waals surface area contributed by atoms with Gasteiger partial charge in [0.1, 0.15) is 11.6 Å². The Labute approximate surface area is 114 Å². The second-order valence-electron chi connectivity index (χ2n) is 4.03. The van der Waals surface area contributed by atoms with Gasteiger partial charge in [0.15, 0.2) is 6.29 Å². The highest BCUT2D eigenvalue weighted by Crippen LogP contribution is 2.17. The molecule has 0 bridgehead atoms. The van der Waals surface area contributed by atoms with E-state index in [0.717, 1.165) is 4.90 Å². The standard InChI is InChI=1S/C14H11FN2O3/c15-12-4-2-1-3-11(12)8-17(14(19)20)13-6-5-10(9-18)7-16-13/h1-7,9H,8H2,(H,19,20). The Morgan fingerprint density at radius 2 is 2.05 bits per heavy atom. The molecule has 102 valence electrons. The molecule has 5 nitrogen and oxygen atoms in total. The first-order valence-electron chi connectivity index (χ1n) is 5.77.